The molecule has 0 saturated heterocycles. The fraction of sp³-hybridized carbons (Fsp3) is 0.0667. The van der Waals surface area contributed by atoms with Gasteiger partial charge in [0.25, 0.3) is 0 Å². The number of nitrogens with zero attached hydrogens (tertiary/aromatic N) is 4. The van der Waals surface area contributed by atoms with Crippen molar-refractivity contribution in [2.24, 2.45) is 4.99 Å². The smallest absolute Gasteiger partial charge is 0.238 e. The van der Waals surface area contributed by atoms with Crippen LogP contribution in [0.5, 0.6) is 0 Å². The molecule has 194 valence electrons. The van der Waals surface area contributed by atoms with Crippen LogP contribution in [0.4, 0.5) is 32.0 Å². The molecular formula is C30H12F6N4. The van der Waals surface area contributed by atoms with E-state index in [0.717, 1.165) is 24.3 Å². The fourth-order valence-corrected chi connectivity index (χ4v) is 4.72. The third-order valence-electron chi connectivity index (χ3n) is 6.54. The molecule has 4 aromatic carbocycles. The minimum absolute atomic E-state index is 0.196. The summed E-state index contributed by atoms with van der Waals surface area (Å²) in [6.07, 6.45) is -7.75. The fourth-order valence-electron chi connectivity index (χ4n) is 4.72. The lowest BCUT2D eigenvalue weighted by Gasteiger charge is -2.12. The molecule has 5 rings (SSSR count). The van der Waals surface area contributed by atoms with E-state index in [1.54, 1.807) is 48.7 Å². The number of benzene rings is 4. The molecule has 1 aliphatic carbocycles. The highest BCUT2D eigenvalue weighted by Gasteiger charge is 2.35. The molecule has 0 fully saturated rings. The molecule has 4 nitrogen and oxygen atoms in total. The molecule has 0 N–H and O–H groups in total. The Morgan fingerprint density at radius 3 is 1.57 bits per heavy atom. The first-order valence-electron chi connectivity index (χ1n) is 11.4. The van der Waals surface area contributed by atoms with Crippen molar-refractivity contribution in [2.45, 2.75) is 12.4 Å². The molecule has 0 aromatic heterocycles. The van der Waals surface area contributed by atoms with Gasteiger partial charge in [0.2, 0.25) is 6.19 Å². The first-order valence-corrected chi connectivity index (χ1v) is 11.4. The molecule has 0 spiro atoms. The second-order valence-electron chi connectivity index (χ2n) is 8.79. The number of halogens is 6. The molecule has 0 bridgehead atoms. The van der Waals surface area contributed by atoms with Gasteiger partial charge in [-0.3, -0.25) is 0 Å². The van der Waals surface area contributed by atoms with Crippen LogP contribution in [0, 0.1) is 29.4 Å². The molecule has 0 heterocycles. The largest absolute Gasteiger partial charge is 0.417 e. The van der Waals surface area contributed by atoms with Gasteiger partial charge in [0.05, 0.1) is 35.0 Å². The van der Waals surface area contributed by atoms with Gasteiger partial charge in [0, 0.05) is 11.1 Å². The maximum atomic E-state index is 13.5. The SMILES string of the molecule is [C-]#[N+]c1ccc(-c2ccc3c(c2)C(=NC#N)c2cc(-c4ccc(C#N)c(C(F)(F)F)c4)ccc2-3)cc1C(F)(F)F. The number of alkyl halides is 6. The summed E-state index contributed by atoms with van der Waals surface area (Å²) in [5.41, 5.74) is 0.417. The molecule has 4 aromatic rings. The lowest BCUT2D eigenvalue weighted by atomic mass is 9.95. The van der Waals surface area contributed by atoms with Crippen molar-refractivity contribution in [3.8, 4) is 45.6 Å². The predicted octanol–water partition coefficient (Wildman–Crippen LogP) is 8.78. The Morgan fingerprint density at radius 2 is 1.10 bits per heavy atom. The molecule has 40 heavy (non-hydrogen) atoms. The van der Waals surface area contributed by atoms with Gasteiger partial charge < -0.3 is 0 Å². The molecule has 0 amide bonds. The molecule has 0 unspecified atom stereocenters. The van der Waals surface area contributed by atoms with Crippen LogP contribution < -0.4 is 0 Å². The quantitative estimate of drug-likeness (QED) is 0.127. The molecule has 0 saturated carbocycles. The van der Waals surface area contributed by atoms with E-state index < -0.39 is 34.7 Å². The van der Waals surface area contributed by atoms with Crippen LogP contribution in [-0.4, -0.2) is 5.71 Å². The summed E-state index contributed by atoms with van der Waals surface area (Å²) in [4.78, 5) is 6.87. The molecule has 0 aliphatic heterocycles. The Kier molecular flexibility index (Phi) is 6.17. The maximum Gasteiger partial charge on any atom is 0.417 e. The summed E-state index contributed by atoms with van der Waals surface area (Å²) in [6.45, 7) is 7.04. The number of nitriles is 2. The average Bonchev–Trinajstić information content (AvgIpc) is 3.23. The highest BCUT2D eigenvalue weighted by atomic mass is 19.4. The molecule has 0 atom stereocenters. The van der Waals surface area contributed by atoms with Gasteiger partial charge in [0.1, 0.15) is 0 Å². The summed E-state index contributed by atoms with van der Waals surface area (Å²) < 4.78 is 81.1. The molecule has 0 radical (unpaired) electrons. The topological polar surface area (TPSA) is 64.3 Å². The third kappa shape index (κ3) is 4.44. The van der Waals surface area contributed by atoms with Crippen LogP contribution in [0.25, 0.3) is 38.2 Å². The first kappa shape index (κ1) is 26.2. The Labute approximate surface area is 223 Å². The predicted molar refractivity (Wildman–Crippen MR) is 135 cm³/mol. The lowest BCUT2D eigenvalue weighted by molar-refractivity contribution is -0.138. The highest BCUT2D eigenvalue weighted by molar-refractivity contribution is 6.25. The highest BCUT2D eigenvalue weighted by Crippen LogP contribution is 2.43. The monoisotopic (exact) mass is 542 g/mol. The Hall–Kier alpha value is -5.40. The van der Waals surface area contributed by atoms with Gasteiger partial charge in [-0.25, -0.2) is 4.85 Å². The van der Waals surface area contributed by atoms with Crippen LogP contribution in [0.2, 0.25) is 0 Å². The number of rotatable bonds is 2. The zero-order chi connectivity index (χ0) is 28.8. The van der Waals surface area contributed by atoms with Crippen molar-refractivity contribution >= 4 is 11.4 Å². The van der Waals surface area contributed by atoms with E-state index in [1.807, 2.05) is 0 Å². The van der Waals surface area contributed by atoms with Crippen molar-refractivity contribution in [1.29, 1.82) is 10.5 Å². The van der Waals surface area contributed by atoms with E-state index in [-0.39, 0.29) is 16.8 Å². The van der Waals surface area contributed by atoms with E-state index in [0.29, 0.717) is 33.4 Å². The van der Waals surface area contributed by atoms with Gasteiger partial charge in [0.15, 0.2) is 5.69 Å². The van der Waals surface area contributed by atoms with Gasteiger partial charge >= 0.3 is 12.4 Å². The van der Waals surface area contributed by atoms with Crippen LogP contribution in [0.15, 0.2) is 77.8 Å². The van der Waals surface area contributed by atoms with Gasteiger partial charge in [-0.15, -0.1) is 0 Å². The number of aliphatic imine (C=N–C) groups is 1. The van der Waals surface area contributed by atoms with Crippen LogP contribution in [0.1, 0.15) is 27.8 Å². The van der Waals surface area contributed by atoms with E-state index in [2.05, 4.69) is 9.84 Å². The molecule has 1 aliphatic rings. The van der Waals surface area contributed by atoms with E-state index in [9.17, 15) is 31.6 Å². The second-order valence-corrected chi connectivity index (χ2v) is 8.79. The van der Waals surface area contributed by atoms with Crippen LogP contribution in [-0.2, 0) is 12.4 Å². The Bertz CT molecular complexity index is 1730. The van der Waals surface area contributed by atoms with E-state index in [4.69, 9.17) is 11.8 Å². The lowest BCUT2D eigenvalue weighted by Crippen LogP contribution is -2.08. The average molecular weight is 542 g/mol. The Balaban J connectivity index is 1.62. The molecule has 10 heteroatoms. The minimum atomic E-state index is -4.74. The summed E-state index contributed by atoms with van der Waals surface area (Å²) in [5, 5.41) is 18.5. The van der Waals surface area contributed by atoms with Gasteiger partial charge in [-0.2, -0.15) is 41.9 Å². The second kappa shape index (κ2) is 9.41. The summed E-state index contributed by atoms with van der Waals surface area (Å²) in [7, 11) is 0. The summed E-state index contributed by atoms with van der Waals surface area (Å²) in [6, 6.07) is 18.0. The van der Waals surface area contributed by atoms with Crippen molar-refractivity contribution in [3.63, 3.8) is 0 Å². The van der Waals surface area contributed by atoms with Crippen molar-refractivity contribution in [2.75, 3.05) is 0 Å². The summed E-state index contributed by atoms with van der Waals surface area (Å²) >= 11 is 0. The van der Waals surface area contributed by atoms with Crippen LogP contribution in [0.3, 0.4) is 0 Å². The molecular weight excluding hydrogens is 530 g/mol. The minimum Gasteiger partial charge on any atom is -0.238 e. The van der Waals surface area contributed by atoms with Crippen molar-refractivity contribution < 1.29 is 26.3 Å². The van der Waals surface area contributed by atoms with Crippen LogP contribution >= 0.6 is 0 Å². The maximum absolute atomic E-state index is 13.5. The van der Waals surface area contributed by atoms with Gasteiger partial charge in [-0.1, -0.05) is 48.5 Å². The first-order chi connectivity index (χ1) is 19.0. The van der Waals surface area contributed by atoms with E-state index in [1.165, 1.54) is 12.1 Å². The van der Waals surface area contributed by atoms with E-state index >= 15 is 0 Å². The summed E-state index contributed by atoms with van der Waals surface area (Å²) in [5.74, 6) is 0. The van der Waals surface area contributed by atoms with Gasteiger partial charge in [-0.05, 0) is 57.6 Å². The standard InChI is InChI=1S/C30H12F6N4/c1-39-27-9-6-19(13-26(27)30(34,35)36)17-5-8-22-21-7-4-16(10-23(21)28(40-15-38)24(22)11-17)18-2-3-20(14-37)25(12-18)29(31,32)33/h2-13H. The zero-order valence-corrected chi connectivity index (χ0v) is 20.0. The van der Waals surface area contributed by atoms with Crippen molar-refractivity contribution in [1.82, 2.24) is 0 Å². The Morgan fingerprint density at radius 1 is 0.625 bits per heavy atom. The number of hydrogen-bond acceptors (Lipinski definition) is 3. The number of hydrogen-bond donors (Lipinski definition) is 0. The third-order valence-corrected chi connectivity index (χ3v) is 6.54. The number of fused-ring (bicyclic) bond motifs is 3. The zero-order valence-electron chi connectivity index (χ0n) is 20.0. The normalized spacial score (nSPS) is 13.2. The van der Waals surface area contributed by atoms with Crippen molar-refractivity contribution in [3.05, 3.63) is 112 Å².